The van der Waals surface area contributed by atoms with Gasteiger partial charge in [0.05, 0.1) is 0 Å². The number of aliphatic carboxylic acids is 1. The fourth-order valence-electron chi connectivity index (χ4n) is 2.33. The highest BCUT2D eigenvalue weighted by molar-refractivity contribution is 6.31. The summed E-state index contributed by atoms with van der Waals surface area (Å²) in [5.41, 5.74) is 0.406. The summed E-state index contributed by atoms with van der Waals surface area (Å²) in [6.45, 7) is 1.56. The lowest BCUT2D eigenvalue weighted by atomic mass is 9.96. The monoisotopic (exact) mass is 296 g/mol. The minimum atomic E-state index is -1.11. The van der Waals surface area contributed by atoms with Crippen LogP contribution in [0.3, 0.4) is 0 Å². The number of hydrogen-bond acceptors (Lipinski definition) is 3. The van der Waals surface area contributed by atoms with Crippen molar-refractivity contribution in [2.24, 2.45) is 5.92 Å². The number of benzene rings is 1. The molecule has 1 amide bonds. The third-order valence-electron chi connectivity index (χ3n) is 3.46. The lowest BCUT2D eigenvalue weighted by molar-refractivity contribution is -0.142. The molecule has 20 heavy (non-hydrogen) atoms. The van der Waals surface area contributed by atoms with Gasteiger partial charge in [-0.2, -0.15) is 0 Å². The van der Waals surface area contributed by atoms with E-state index in [-0.39, 0.29) is 11.8 Å². The van der Waals surface area contributed by atoms with Crippen LogP contribution >= 0.6 is 11.6 Å². The largest absolute Gasteiger partial charge is 0.479 e. The number of rotatable bonds is 4. The van der Waals surface area contributed by atoms with Crippen LogP contribution in [-0.2, 0) is 9.59 Å². The number of halogens is 1. The maximum atomic E-state index is 12.2. The number of amides is 1. The molecule has 1 aliphatic rings. The van der Waals surface area contributed by atoms with E-state index in [4.69, 9.17) is 11.6 Å². The molecule has 1 saturated heterocycles. The first-order valence-corrected chi connectivity index (χ1v) is 6.95. The normalized spacial score (nSPS) is 17.4. The fraction of sp³-hybridized carbons (Fsp3) is 0.429. The van der Waals surface area contributed by atoms with E-state index in [0.717, 1.165) is 25.9 Å². The molecule has 0 aromatic heterocycles. The number of nitrogens with one attached hydrogen (secondary N) is 2. The molecule has 2 rings (SSSR count). The molecular weight excluding hydrogens is 280 g/mol. The van der Waals surface area contributed by atoms with Crippen LogP contribution in [0.5, 0.6) is 0 Å². The first-order chi connectivity index (χ1) is 9.59. The Morgan fingerprint density at radius 1 is 1.30 bits per heavy atom. The second-order valence-corrected chi connectivity index (χ2v) is 5.23. The van der Waals surface area contributed by atoms with Crippen LogP contribution in [0.4, 0.5) is 0 Å². The van der Waals surface area contributed by atoms with Crippen molar-refractivity contribution in [3.05, 3.63) is 34.9 Å². The molecule has 6 heteroatoms. The molecule has 1 fully saturated rings. The third kappa shape index (κ3) is 3.49. The second kappa shape index (κ2) is 6.72. The van der Waals surface area contributed by atoms with Crippen molar-refractivity contribution >= 4 is 23.5 Å². The molecule has 1 heterocycles. The van der Waals surface area contributed by atoms with E-state index in [1.807, 2.05) is 0 Å². The van der Waals surface area contributed by atoms with Crippen molar-refractivity contribution in [3.63, 3.8) is 0 Å². The molecule has 1 aliphatic heterocycles. The molecule has 0 radical (unpaired) electrons. The number of piperidine rings is 1. The molecule has 5 nitrogen and oxygen atoms in total. The summed E-state index contributed by atoms with van der Waals surface area (Å²) in [5, 5.41) is 15.4. The Bertz CT molecular complexity index is 501. The Balaban J connectivity index is 2.12. The van der Waals surface area contributed by atoms with E-state index >= 15 is 0 Å². The van der Waals surface area contributed by atoms with E-state index in [9.17, 15) is 14.7 Å². The van der Waals surface area contributed by atoms with Gasteiger partial charge in [-0.15, -0.1) is 0 Å². The maximum absolute atomic E-state index is 12.2. The Kier molecular flexibility index (Phi) is 4.98. The van der Waals surface area contributed by atoms with Crippen LogP contribution in [-0.4, -0.2) is 30.1 Å². The number of hydrogen-bond donors (Lipinski definition) is 3. The standard InChI is InChI=1S/C14H17ClN2O3/c15-11-4-2-1-3-10(11)12(14(19)20)17-13(18)9-5-7-16-8-6-9/h1-4,9,12,16H,5-8H2,(H,17,18)(H,19,20)/t12-/m1/s1. The van der Waals surface area contributed by atoms with Gasteiger partial charge >= 0.3 is 5.97 Å². The van der Waals surface area contributed by atoms with Crippen LogP contribution in [0.25, 0.3) is 0 Å². The van der Waals surface area contributed by atoms with Crippen molar-refractivity contribution in [1.29, 1.82) is 0 Å². The summed E-state index contributed by atoms with van der Waals surface area (Å²) in [6.07, 6.45) is 1.45. The van der Waals surface area contributed by atoms with Crippen LogP contribution in [0.1, 0.15) is 24.4 Å². The highest BCUT2D eigenvalue weighted by Crippen LogP contribution is 2.24. The number of carboxylic acids is 1. The van der Waals surface area contributed by atoms with E-state index in [1.54, 1.807) is 24.3 Å². The minimum Gasteiger partial charge on any atom is -0.479 e. The summed E-state index contributed by atoms with van der Waals surface area (Å²) in [7, 11) is 0. The summed E-state index contributed by atoms with van der Waals surface area (Å²) < 4.78 is 0. The van der Waals surface area contributed by atoms with Crippen molar-refractivity contribution in [3.8, 4) is 0 Å². The van der Waals surface area contributed by atoms with Crippen LogP contribution in [0.2, 0.25) is 5.02 Å². The molecule has 1 aromatic rings. The zero-order valence-corrected chi connectivity index (χ0v) is 11.7. The molecule has 0 saturated carbocycles. The summed E-state index contributed by atoms with van der Waals surface area (Å²) >= 11 is 6.01. The minimum absolute atomic E-state index is 0.138. The van der Waals surface area contributed by atoms with E-state index in [1.165, 1.54) is 0 Å². The topological polar surface area (TPSA) is 78.4 Å². The van der Waals surface area contributed by atoms with Crippen molar-refractivity contribution in [1.82, 2.24) is 10.6 Å². The predicted molar refractivity (Wildman–Crippen MR) is 75.6 cm³/mol. The molecule has 1 atom stereocenters. The third-order valence-corrected chi connectivity index (χ3v) is 3.80. The van der Waals surface area contributed by atoms with E-state index in [2.05, 4.69) is 10.6 Å². The fourth-order valence-corrected chi connectivity index (χ4v) is 2.57. The molecule has 0 unspecified atom stereocenters. The molecule has 3 N–H and O–H groups in total. The number of carboxylic acid groups (broad SMARTS) is 1. The van der Waals surface area contributed by atoms with Gasteiger partial charge in [0.15, 0.2) is 6.04 Å². The highest BCUT2D eigenvalue weighted by atomic mass is 35.5. The second-order valence-electron chi connectivity index (χ2n) is 4.83. The zero-order chi connectivity index (χ0) is 14.5. The van der Waals surface area contributed by atoms with Crippen molar-refractivity contribution in [2.75, 3.05) is 13.1 Å². The Morgan fingerprint density at radius 3 is 2.55 bits per heavy atom. The van der Waals surface area contributed by atoms with Crippen LogP contribution in [0.15, 0.2) is 24.3 Å². The van der Waals surface area contributed by atoms with Gasteiger partial charge in [0.2, 0.25) is 5.91 Å². The van der Waals surface area contributed by atoms with Crippen LogP contribution < -0.4 is 10.6 Å². The van der Waals surface area contributed by atoms with Gasteiger partial charge in [-0.05, 0) is 32.0 Å². The maximum Gasteiger partial charge on any atom is 0.330 e. The van der Waals surface area contributed by atoms with E-state index in [0.29, 0.717) is 10.6 Å². The highest BCUT2D eigenvalue weighted by Gasteiger charge is 2.28. The number of carbonyl (C=O) groups excluding carboxylic acids is 1. The van der Waals surface area contributed by atoms with Gasteiger partial charge in [-0.25, -0.2) is 4.79 Å². The Labute approximate surface area is 122 Å². The van der Waals surface area contributed by atoms with E-state index < -0.39 is 12.0 Å². The first kappa shape index (κ1) is 14.8. The van der Waals surface area contributed by atoms with Crippen LogP contribution in [0, 0.1) is 5.92 Å². The SMILES string of the molecule is O=C(N[C@@H](C(=O)O)c1ccccc1Cl)C1CCNCC1. The summed E-state index contributed by atoms with van der Waals surface area (Å²) in [6, 6.07) is 5.55. The molecule has 0 bridgehead atoms. The smallest absolute Gasteiger partial charge is 0.330 e. The average molecular weight is 297 g/mol. The zero-order valence-electron chi connectivity index (χ0n) is 10.9. The lowest BCUT2D eigenvalue weighted by Gasteiger charge is -2.24. The van der Waals surface area contributed by atoms with Crippen molar-refractivity contribution < 1.29 is 14.7 Å². The average Bonchev–Trinajstić information content (AvgIpc) is 2.46. The van der Waals surface area contributed by atoms with Gasteiger partial charge in [0, 0.05) is 16.5 Å². The number of carbonyl (C=O) groups is 2. The molecule has 1 aromatic carbocycles. The molecular formula is C14H17ClN2O3. The van der Waals surface area contributed by atoms with Gasteiger partial charge in [0.1, 0.15) is 0 Å². The Hall–Kier alpha value is -1.59. The quantitative estimate of drug-likeness (QED) is 0.788. The molecule has 108 valence electrons. The van der Waals surface area contributed by atoms with Gasteiger partial charge in [0.25, 0.3) is 0 Å². The summed E-state index contributed by atoms with van der Waals surface area (Å²) in [5.74, 6) is -1.47. The van der Waals surface area contributed by atoms with Gasteiger partial charge in [-0.1, -0.05) is 29.8 Å². The lowest BCUT2D eigenvalue weighted by Crippen LogP contribution is -2.41. The summed E-state index contributed by atoms with van der Waals surface area (Å²) in [4.78, 5) is 23.5. The molecule has 0 spiro atoms. The predicted octanol–water partition coefficient (Wildman–Crippen LogP) is 1.58. The van der Waals surface area contributed by atoms with Gasteiger partial charge in [-0.3, -0.25) is 4.79 Å². The van der Waals surface area contributed by atoms with Crippen molar-refractivity contribution in [2.45, 2.75) is 18.9 Å². The molecule has 0 aliphatic carbocycles. The Morgan fingerprint density at radius 2 is 1.95 bits per heavy atom. The van der Waals surface area contributed by atoms with Gasteiger partial charge < -0.3 is 15.7 Å². The first-order valence-electron chi connectivity index (χ1n) is 6.58.